The van der Waals surface area contributed by atoms with Gasteiger partial charge in [-0.3, -0.25) is 0 Å². The Labute approximate surface area is 132 Å². The van der Waals surface area contributed by atoms with Crippen LogP contribution in [0.15, 0.2) is 71.9 Å². The monoisotopic (exact) mass is 308 g/mol. The van der Waals surface area contributed by atoms with Crippen molar-refractivity contribution in [2.24, 2.45) is 0 Å². The predicted molar refractivity (Wildman–Crippen MR) is 91.2 cm³/mol. The molecule has 112 valence electrons. The Balaban J connectivity index is 2.23. The number of rotatable bonds is 3. The molecule has 3 rings (SSSR count). The zero-order chi connectivity index (χ0) is 15.8. The smallest absolute Gasteiger partial charge is 0.331 e. The summed E-state index contributed by atoms with van der Waals surface area (Å²) in [6.45, 7) is 6.52. The number of carbonyl (C=O) groups is 1. The fourth-order valence-corrected chi connectivity index (χ4v) is 4.14. The minimum absolute atomic E-state index is 0.174. The quantitative estimate of drug-likeness (QED) is 0.624. The van der Waals surface area contributed by atoms with Gasteiger partial charge in [0.05, 0.1) is 8.07 Å². The van der Waals surface area contributed by atoms with Crippen molar-refractivity contribution in [1.82, 2.24) is 0 Å². The summed E-state index contributed by atoms with van der Waals surface area (Å²) >= 11 is 0. The minimum atomic E-state index is -1.76. The molecule has 0 N–H and O–H groups in total. The topological polar surface area (TPSA) is 26.3 Å². The number of cyclic esters (lactones) is 1. The van der Waals surface area contributed by atoms with Gasteiger partial charge in [-0.25, -0.2) is 4.79 Å². The highest BCUT2D eigenvalue weighted by Gasteiger charge is 2.46. The van der Waals surface area contributed by atoms with E-state index in [1.54, 1.807) is 0 Å². The maximum atomic E-state index is 12.5. The van der Waals surface area contributed by atoms with Crippen molar-refractivity contribution in [3.05, 3.63) is 83.1 Å². The molecule has 0 amide bonds. The minimum Gasteiger partial charge on any atom is -0.442 e. The standard InChI is InChI=1S/C19H20O2Si/c1-22(2,3)17-14-19(21-18(17)20,15-10-6-4-7-11-15)16-12-8-5-9-13-16/h4-14H,1-3H3. The average molecular weight is 308 g/mol. The number of hydrogen-bond donors (Lipinski definition) is 0. The fraction of sp³-hybridized carbons (Fsp3) is 0.211. The van der Waals surface area contributed by atoms with E-state index in [0.29, 0.717) is 0 Å². The zero-order valence-corrected chi connectivity index (χ0v) is 14.2. The molecule has 0 aromatic heterocycles. The number of ether oxygens (including phenoxy) is 1. The number of benzene rings is 2. The number of hydrogen-bond acceptors (Lipinski definition) is 2. The Morgan fingerprint density at radius 1 is 0.818 bits per heavy atom. The largest absolute Gasteiger partial charge is 0.442 e. The van der Waals surface area contributed by atoms with Gasteiger partial charge in [-0.2, -0.15) is 0 Å². The lowest BCUT2D eigenvalue weighted by atomic mass is 9.86. The molecule has 0 fully saturated rings. The molecular formula is C19H20O2Si. The summed E-state index contributed by atoms with van der Waals surface area (Å²) in [6.07, 6.45) is 2.05. The molecule has 0 aliphatic carbocycles. The lowest BCUT2D eigenvalue weighted by Gasteiger charge is -2.27. The van der Waals surface area contributed by atoms with Crippen molar-refractivity contribution in [3.63, 3.8) is 0 Å². The van der Waals surface area contributed by atoms with E-state index in [1.165, 1.54) is 0 Å². The van der Waals surface area contributed by atoms with Crippen LogP contribution in [0.5, 0.6) is 0 Å². The van der Waals surface area contributed by atoms with Crippen LogP contribution in [0.25, 0.3) is 0 Å². The Morgan fingerprint density at radius 3 is 1.64 bits per heavy atom. The summed E-state index contributed by atoms with van der Waals surface area (Å²) in [4.78, 5) is 12.5. The van der Waals surface area contributed by atoms with E-state index >= 15 is 0 Å². The molecular weight excluding hydrogens is 288 g/mol. The van der Waals surface area contributed by atoms with E-state index in [1.807, 2.05) is 66.7 Å². The van der Waals surface area contributed by atoms with Gasteiger partial charge in [0.25, 0.3) is 0 Å². The Bertz CT molecular complexity index is 673. The molecule has 0 saturated carbocycles. The first-order valence-corrected chi connectivity index (χ1v) is 11.0. The summed E-state index contributed by atoms with van der Waals surface area (Å²) in [5, 5.41) is 0.861. The third kappa shape index (κ3) is 2.42. The highest BCUT2D eigenvalue weighted by Crippen LogP contribution is 2.42. The van der Waals surface area contributed by atoms with Crippen molar-refractivity contribution in [1.29, 1.82) is 0 Å². The first-order chi connectivity index (χ1) is 10.4. The van der Waals surface area contributed by atoms with Gasteiger partial charge in [-0.15, -0.1) is 0 Å². The second-order valence-electron chi connectivity index (χ2n) is 6.67. The Hall–Kier alpha value is -2.13. The molecule has 2 aromatic rings. The van der Waals surface area contributed by atoms with Crippen LogP contribution in [0, 0.1) is 0 Å². The first-order valence-electron chi connectivity index (χ1n) is 7.51. The van der Waals surface area contributed by atoms with Crippen molar-refractivity contribution in [3.8, 4) is 0 Å². The molecule has 3 heteroatoms. The molecule has 22 heavy (non-hydrogen) atoms. The summed E-state index contributed by atoms with van der Waals surface area (Å²) in [5.74, 6) is -0.174. The molecule has 0 unspecified atom stereocenters. The third-order valence-corrected chi connectivity index (χ3v) is 6.00. The highest BCUT2D eigenvalue weighted by atomic mass is 28.3. The number of esters is 1. The van der Waals surface area contributed by atoms with Crippen molar-refractivity contribution in [2.45, 2.75) is 25.2 Å². The average Bonchev–Trinajstić information content (AvgIpc) is 2.88. The summed E-state index contributed by atoms with van der Waals surface area (Å²) in [5.41, 5.74) is 1.18. The van der Waals surface area contributed by atoms with Gasteiger partial charge < -0.3 is 4.74 Å². The predicted octanol–water partition coefficient (Wildman–Crippen LogP) is 4.29. The summed E-state index contributed by atoms with van der Waals surface area (Å²) in [6, 6.07) is 19.9. The first kappa shape index (κ1) is 14.8. The van der Waals surface area contributed by atoms with Gasteiger partial charge in [0.1, 0.15) is 0 Å². The van der Waals surface area contributed by atoms with E-state index in [4.69, 9.17) is 4.74 Å². The summed E-state index contributed by atoms with van der Waals surface area (Å²) in [7, 11) is -1.76. The van der Waals surface area contributed by atoms with Gasteiger partial charge >= 0.3 is 5.97 Å². The maximum absolute atomic E-state index is 12.5. The molecule has 0 bridgehead atoms. The maximum Gasteiger partial charge on any atom is 0.331 e. The normalized spacial score (nSPS) is 17.0. The van der Waals surface area contributed by atoms with Crippen LogP contribution in [0.4, 0.5) is 0 Å². The van der Waals surface area contributed by atoms with Gasteiger partial charge in [-0.1, -0.05) is 80.3 Å². The summed E-state index contributed by atoms with van der Waals surface area (Å²) < 4.78 is 5.96. The molecule has 1 heterocycles. The fourth-order valence-electron chi connectivity index (χ4n) is 2.84. The van der Waals surface area contributed by atoms with Crippen LogP contribution in [0.1, 0.15) is 11.1 Å². The molecule has 1 aliphatic heterocycles. The molecule has 0 saturated heterocycles. The molecule has 2 nitrogen and oxygen atoms in total. The molecule has 0 radical (unpaired) electrons. The van der Waals surface area contributed by atoms with Gasteiger partial charge in [0, 0.05) is 16.3 Å². The van der Waals surface area contributed by atoms with Crippen LogP contribution in [-0.2, 0) is 15.1 Å². The van der Waals surface area contributed by atoms with Crippen molar-refractivity contribution >= 4 is 14.0 Å². The molecule has 2 aromatic carbocycles. The lowest BCUT2D eigenvalue weighted by molar-refractivity contribution is -0.144. The Kier molecular flexibility index (Phi) is 3.53. The number of carbonyl (C=O) groups excluding carboxylic acids is 1. The van der Waals surface area contributed by atoms with Gasteiger partial charge in [0.2, 0.25) is 0 Å². The lowest BCUT2D eigenvalue weighted by Crippen LogP contribution is -2.28. The van der Waals surface area contributed by atoms with E-state index in [2.05, 4.69) is 19.6 Å². The molecule has 0 spiro atoms. The Morgan fingerprint density at radius 2 is 1.27 bits per heavy atom. The molecule has 0 atom stereocenters. The van der Waals surface area contributed by atoms with Crippen molar-refractivity contribution in [2.75, 3.05) is 0 Å². The van der Waals surface area contributed by atoms with E-state index in [0.717, 1.165) is 16.3 Å². The van der Waals surface area contributed by atoms with E-state index in [-0.39, 0.29) is 5.97 Å². The van der Waals surface area contributed by atoms with Crippen LogP contribution in [0.2, 0.25) is 19.6 Å². The second kappa shape index (κ2) is 5.25. The third-order valence-electron chi connectivity index (χ3n) is 4.03. The van der Waals surface area contributed by atoms with Crippen LogP contribution in [-0.4, -0.2) is 14.0 Å². The second-order valence-corrected chi connectivity index (χ2v) is 11.7. The molecule has 1 aliphatic rings. The zero-order valence-electron chi connectivity index (χ0n) is 13.2. The highest BCUT2D eigenvalue weighted by molar-refractivity contribution is 6.87. The van der Waals surface area contributed by atoms with E-state index < -0.39 is 13.7 Å². The van der Waals surface area contributed by atoms with Crippen LogP contribution in [0.3, 0.4) is 0 Å². The van der Waals surface area contributed by atoms with Gasteiger partial charge in [-0.05, 0) is 6.08 Å². The van der Waals surface area contributed by atoms with Crippen LogP contribution < -0.4 is 0 Å². The van der Waals surface area contributed by atoms with E-state index in [9.17, 15) is 4.79 Å². The van der Waals surface area contributed by atoms with Gasteiger partial charge in [0.15, 0.2) is 5.60 Å². The van der Waals surface area contributed by atoms with Crippen molar-refractivity contribution < 1.29 is 9.53 Å². The van der Waals surface area contributed by atoms with Crippen LogP contribution >= 0.6 is 0 Å². The SMILES string of the molecule is C[Si](C)(C)C1=CC(c2ccccc2)(c2ccccc2)OC1=O.